The largest absolute Gasteiger partial charge is 0.389 e. The van der Waals surface area contributed by atoms with Gasteiger partial charge in [-0.1, -0.05) is 46.5 Å². The fourth-order valence-corrected chi connectivity index (χ4v) is 8.61. The Morgan fingerprint density at radius 3 is 2.18 bits per heavy atom. The van der Waals surface area contributed by atoms with E-state index in [9.17, 15) is 41.4 Å². The lowest BCUT2D eigenvalue weighted by Crippen LogP contribution is -2.65. The Bertz CT molecular complexity index is 1120. The molecule has 0 radical (unpaired) electrons. The fraction of sp³-hybridized carbons (Fsp3) is 0.828. The molecule has 250 valence electrons. The first-order chi connectivity index (χ1) is 20.4. The zero-order chi connectivity index (χ0) is 32.9. The van der Waals surface area contributed by atoms with Crippen molar-refractivity contribution in [1.82, 2.24) is 20.9 Å². The number of amides is 5. The number of nitrogens with one attached hydrogen (secondary N) is 3. The summed E-state index contributed by atoms with van der Waals surface area (Å²) in [5.41, 5.74) is 3.55. The van der Waals surface area contributed by atoms with Gasteiger partial charge < -0.3 is 26.6 Å². The SMILES string of the molecule is CC(C)(C)C(NC(=O)NC1(C2CCCCS2=O)CCCCC1)C(=O)N1CCCC1C(=O)NC(CCC(F)(F)F)C(=O)C(N)=O. The highest BCUT2D eigenvalue weighted by atomic mass is 32.2. The van der Waals surface area contributed by atoms with Gasteiger partial charge in [0.15, 0.2) is 0 Å². The predicted octanol–water partition coefficient (Wildman–Crippen LogP) is 2.58. The summed E-state index contributed by atoms with van der Waals surface area (Å²) in [4.78, 5) is 65.6. The molecule has 0 aromatic heterocycles. The number of likely N-dealkylation sites (tertiary alicyclic amines) is 1. The Hall–Kier alpha value is -2.71. The van der Waals surface area contributed by atoms with Crippen LogP contribution in [-0.4, -0.2) is 86.0 Å². The third-order valence-corrected chi connectivity index (χ3v) is 10.9. The topological polar surface area (TPSA) is 168 Å². The molecule has 5 N–H and O–H groups in total. The summed E-state index contributed by atoms with van der Waals surface area (Å²) in [7, 11) is -1.08. The summed E-state index contributed by atoms with van der Waals surface area (Å²) in [6, 6.07) is -4.57. The van der Waals surface area contributed by atoms with Crippen LogP contribution < -0.4 is 21.7 Å². The first-order valence-electron chi connectivity index (χ1n) is 15.4. The molecule has 2 heterocycles. The van der Waals surface area contributed by atoms with E-state index in [2.05, 4.69) is 16.0 Å². The number of ketones is 1. The molecule has 0 aromatic rings. The molecule has 0 aromatic carbocycles. The van der Waals surface area contributed by atoms with Gasteiger partial charge in [-0.05, 0) is 50.4 Å². The Balaban J connectivity index is 1.76. The molecule has 3 rings (SSSR count). The van der Waals surface area contributed by atoms with Gasteiger partial charge in [-0.25, -0.2) is 4.79 Å². The van der Waals surface area contributed by atoms with Gasteiger partial charge in [0, 0.05) is 29.5 Å². The number of carbonyl (C=O) groups excluding carboxylic acids is 5. The van der Waals surface area contributed by atoms with Crippen LogP contribution in [-0.2, 0) is 30.0 Å². The molecule has 1 saturated carbocycles. The van der Waals surface area contributed by atoms with E-state index in [0.29, 0.717) is 25.0 Å². The van der Waals surface area contributed by atoms with E-state index in [1.165, 1.54) is 4.90 Å². The lowest BCUT2D eigenvalue weighted by molar-refractivity contribution is -0.146. The summed E-state index contributed by atoms with van der Waals surface area (Å²) in [5.74, 6) is -3.68. The van der Waals surface area contributed by atoms with Gasteiger partial charge in [0.25, 0.3) is 5.91 Å². The van der Waals surface area contributed by atoms with Crippen molar-refractivity contribution in [3.63, 3.8) is 0 Å². The first-order valence-corrected chi connectivity index (χ1v) is 16.8. The van der Waals surface area contributed by atoms with Crippen LogP contribution in [0.3, 0.4) is 0 Å². The van der Waals surface area contributed by atoms with E-state index >= 15 is 0 Å². The maximum absolute atomic E-state index is 13.9. The summed E-state index contributed by atoms with van der Waals surface area (Å²) in [5, 5.41) is 7.97. The van der Waals surface area contributed by atoms with E-state index in [4.69, 9.17) is 5.73 Å². The van der Waals surface area contributed by atoms with Crippen LogP contribution in [0.4, 0.5) is 18.0 Å². The number of rotatable bonds is 10. The molecule has 5 unspecified atom stereocenters. The van der Waals surface area contributed by atoms with Gasteiger partial charge in [-0.2, -0.15) is 13.2 Å². The number of alkyl halides is 3. The second-order valence-electron chi connectivity index (χ2n) is 13.3. The second-order valence-corrected chi connectivity index (χ2v) is 15.1. The number of nitrogens with zero attached hydrogens (tertiary/aromatic N) is 1. The van der Waals surface area contributed by atoms with Crippen LogP contribution in [0.25, 0.3) is 0 Å². The standard InChI is InChI=1S/C29H46F3N5O6S/c1-27(2,3)22(35-26(42)36-28(13-6-4-7-14-28)20-11-5-8-17-44(20)43)25(41)37-16-9-10-19(37)24(40)34-18(21(38)23(33)39)12-15-29(30,31)32/h18-20,22H,4-17H2,1-3H3,(H2,33,39)(H,34,40)(H2,35,36,42). The third-order valence-electron chi connectivity index (χ3n) is 8.92. The zero-order valence-electron chi connectivity index (χ0n) is 25.7. The summed E-state index contributed by atoms with van der Waals surface area (Å²) >= 11 is 0. The van der Waals surface area contributed by atoms with Gasteiger partial charge >= 0.3 is 12.2 Å². The van der Waals surface area contributed by atoms with Crippen molar-refractivity contribution < 1.29 is 41.4 Å². The normalized spacial score (nSPS) is 25.4. The average Bonchev–Trinajstić information content (AvgIpc) is 3.43. The second kappa shape index (κ2) is 14.6. The van der Waals surface area contributed by atoms with Crippen molar-refractivity contribution in [1.29, 1.82) is 0 Å². The maximum atomic E-state index is 13.9. The van der Waals surface area contributed by atoms with Crippen molar-refractivity contribution in [3.05, 3.63) is 0 Å². The highest BCUT2D eigenvalue weighted by molar-refractivity contribution is 7.85. The van der Waals surface area contributed by atoms with Gasteiger partial charge in [-0.15, -0.1) is 0 Å². The summed E-state index contributed by atoms with van der Waals surface area (Å²) in [6.45, 7) is 5.42. The van der Waals surface area contributed by atoms with Crippen LogP contribution in [0.2, 0.25) is 0 Å². The number of hydrogen-bond donors (Lipinski definition) is 4. The molecular formula is C29H46F3N5O6S. The van der Waals surface area contributed by atoms with Crippen LogP contribution in [0.1, 0.15) is 97.8 Å². The van der Waals surface area contributed by atoms with Crippen molar-refractivity contribution in [2.45, 2.75) is 133 Å². The fourth-order valence-electron chi connectivity index (χ4n) is 6.61. The van der Waals surface area contributed by atoms with Crippen LogP contribution >= 0.6 is 0 Å². The molecule has 44 heavy (non-hydrogen) atoms. The molecule has 3 fully saturated rings. The summed E-state index contributed by atoms with van der Waals surface area (Å²) < 4.78 is 51.5. The first kappa shape index (κ1) is 35.8. The van der Waals surface area contributed by atoms with Crippen molar-refractivity contribution in [3.8, 4) is 0 Å². The molecule has 2 aliphatic heterocycles. The predicted molar refractivity (Wildman–Crippen MR) is 158 cm³/mol. The van der Waals surface area contributed by atoms with E-state index in [1.54, 1.807) is 20.8 Å². The Morgan fingerprint density at radius 1 is 0.955 bits per heavy atom. The molecule has 0 spiro atoms. The number of carbonyl (C=O) groups is 5. The number of primary amides is 1. The van der Waals surface area contributed by atoms with Gasteiger partial charge in [0.2, 0.25) is 17.6 Å². The van der Waals surface area contributed by atoms with E-state index in [0.717, 1.165) is 38.5 Å². The lowest BCUT2D eigenvalue weighted by Gasteiger charge is -2.45. The number of Topliss-reactive ketones (excluding diaryl/α,β-unsaturated/α-hetero) is 1. The van der Waals surface area contributed by atoms with Crippen LogP contribution in [0.5, 0.6) is 0 Å². The number of halogens is 3. The maximum Gasteiger partial charge on any atom is 0.389 e. The quantitative estimate of drug-likeness (QED) is 0.266. The van der Waals surface area contributed by atoms with E-state index in [-0.39, 0.29) is 18.2 Å². The van der Waals surface area contributed by atoms with E-state index in [1.807, 2.05) is 0 Å². The van der Waals surface area contributed by atoms with Crippen LogP contribution in [0, 0.1) is 5.41 Å². The van der Waals surface area contributed by atoms with Gasteiger partial charge in [0.05, 0.1) is 16.8 Å². The number of nitrogens with two attached hydrogens (primary N) is 1. The number of urea groups is 1. The Morgan fingerprint density at radius 2 is 1.61 bits per heavy atom. The molecular weight excluding hydrogens is 603 g/mol. The minimum absolute atomic E-state index is 0.148. The van der Waals surface area contributed by atoms with Gasteiger partial charge in [-0.3, -0.25) is 23.4 Å². The zero-order valence-corrected chi connectivity index (χ0v) is 26.5. The smallest absolute Gasteiger partial charge is 0.363 e. The minimum Gasteiger partial charge on any atom is -0.363 e. The monoisotopic (exact) mass is 649 g/mol. The lowest BCUT2D eigenvalue weighted by atomic mass is 9.77. The Labute approximate surface area is 258 Å². The highest BCUT2D eigenvalue weighted by Crippen LogP contribution is 2.38. The molecule has 3 aliphatic rings. The number of hydrogen-bond acceptors (Lipinski definition) is 6. The Kier molecular flexibility index (Phi) is 11.9. The molecule has 5 amide bonds. The van der Waals surface area contributed by atoms with Crippen molar-refractivity contribution >= 4 is 40.3 Å². The highest BCUT2D eigenvalue weighted by Gasteiger charge is 2.47. The van der Waals surface area contributed by atoms with Crippen molar-refractivity contribution in [2.75, 3.05) is 12.3 Å². The molecule has 15 heteroatoms. The average molecular weight is 650 g/mol. The van der Waals surface area contributed by atoms with Gasteiger partial charge in [0.1, 0.15) is 12.1 Å². The minimum atomic E-state index is -4.63. The molecule has 1 aliphatic carbocycles. The molecule has 5 atom stereocenters. The summed E-state index contributed by atoms with van der Waals surface area (Å²) in [6.07, 6.45) is 0.404. The molecule has 0 bridgehead atoms. The van der Waals surface area contributed by atoms with Crippen molar-refractivity contribution in [2.24, 2.45) is 11.1 Å². The van der Waals surface area contributed by atoms with E-state index < -0.39 is 88.4 Å². The third kappa shape index (κ3) is 9.16. The molecule has 11 nitrogen and oxygen atoms in total. The van der Waals surface area contributed by atoms with Crippen LogP contribution in [0.15, 0.2) is 0 Å². The molecule has 2 saturated heterocycles.